The van der Waals surface area contributed by atoms with Gasteiger partial charge < -0.3 is 15.4 Å². The van der Waals surface area contributed by atoms with Gasteiger partial charge in [-0.1, -0.05) is 13.0 Å². The van der Waals surface area contributed by atoms with Crippen molar-refractivity contribution in [2.75, 3.05) is 24.3 Å². The lowest BCUT2D eigenvalue weighted by Gasteiger charge is -2.10. The summed E-state index contributed by atoms with van der Waals surface area (Å²) in [6.07, 6.45) is 0.944. The minimum Gasteiger partial charge on any atom is -0.467 e. The number of aromatic nitrogens is 3. The molecule has 0 saturated carbocycles. The maximum absolute atomic E-state index is 13.3. The molecule has 0 bridgehead atoms. The molecule has 0 unspecified atom stereocenters. The van der Waals surface area contributed by atoms with Crippen LogP contribution in [0.5, 0.6) is 6.01 Å². The fraction of sp³-hybridized carbons (Fsp3) is 0.357. The largest absolute Gasteiger partial charge is 0.467 e. The van der Waals surface area contributed by atoms with E-state index in [9.17, 15) is 4.39 Å². The van der Waals surface area contributed by atoms with Gasteiger partial charge in [-0.15, -0.1) is 0 Å². The van der Waals surface area contributed by atoms with E-state index in [2.05, 4.69) is 25.6 Å². The van der Waals surface area contributed by atoms with Gasteiger partial charge in [-0.05, 0) is 31.0 Å². The average molecular weight is 291 g/mol. The third-order valence-corrected chi connectivity index (χ3v) is 2.78. The molecule has 1 aromatic heterocycles. The van der Waals surface area contributed by atoms with Crippen molar-refractivity contribution in [2.24, 2.45) is 0 Å². The second kappa shape index (κ2) is 6.83. The Balaban J connectivity index is 2.27. The van der Waals surface area contributed by atoms with Crippen LogP contribution in [0.3, 0.4) is 0 Å². The van der Waals surface area contributed by atoms with Crippen molar-refractivity contribution in [1.82, 2.24) is 15.0 Å². The number of aryl methyl sites for hydroxylation is 1. The van der Waals surface area contributed by atoms with Crippen molar-refractivity contribution in [2.45, 2.75) is 20.3 Å². The molecule has 2 N–H and O–H groups in total. The number of halogens is 1. The number of methoxy groups -OCH3 is 1. The molecule has 6 nitrogen and oxygen atoms in total. The number of anilines is 3. The lowest BCUT2D eigenvalue weighted by atomic mass is 10.2. The van der Waals surface area contributed by atoms with Crippen molar-refractivity contribution < 1.29 is 9.13 Å². The van der Waals surface area contributed by atoms with Crippen molar-refractivity contribution in [3.63, 3.8) is 0 Å². The number of nitrogens with zero attached hydrogens (tertiary/aromatic N) is 3. The Hall–Kier alpha value is -2.44. The first-order chi connectivity index (χ1) is 10.1. The van der Waals surface area contributed by atoms with Gasteiger partial charge in [0.2, 0.25) is 11.9 Å². The maximum Gasteiger partial charge on any atom is 0.322 e. The van der Waals surface area contributed by atoms with Crippen LogP contribution in [0.2, 0.25) is 0 Å². The predicted octanol–water partition coefficient (Wildman–Crippen LogP) is 2.89. The van der Waals surface area contributed by atoms with Crippen molar-refractivity contribution in [3.8, 4) is 6.01 Å². The van der Waals surface area contributed by atoms with Gasteiger partial charge in [-0.3, -0.25) is 0 Å². The molecule has 21 heavy (non-hydrogen) atoms. The van der Waals surface area contributed by atoms with Crippen LogP contribution in [0, 0.1) is 12.7 Å². The standard InChI is InChI=1S/C14H18FN5O/c1-4-7-16-12-18-13(20-14(19-12)21-3)17-11-8-10(15)6-5-9(11)2/h5-6,8H,4,7H2,1-3H3,(H2,16,17,18,19,20). The number of nitrogens with one attached hydrogen (secondary N) is 2. The zero-order valence-corrected chi connectivity index (χ0v) is 12.3. The summed E-state index contributed by atoms with van der Waals surface area (Å²) >= 11 is 0. The van der Waals surface area contributed by atoms with Gasteiger partial charge in [0.15, 0.2) is 0 Å². The molecule has 1 aromatic carbocycles. The van der Waals surface area contributed by atoms with E-state index in [1.807, 2.05) is 13.8 Å². The topological polar surface area (TPSA) is 72.0 Å². The summed E-state index contributed by atoms with van der Waals surface area (Å²) in [6.45, 7) is 4.66. The van der Waals surface area contributed by atoms with Crippen LogP contribution in [-0.2, 0) is 0 Å². The van der Waals surface area contributed by atoms with Gasteiger partial charge in [0.1, 0.15) is 5.82 Å². The van der Waals surface area contributed by atoms with Crippen LogP contribution in [-0.4, -0.2) is 28.6 Å². The van der Waals surface area contributed by atoms with Crippen LogP contribution in [0.15, 0.2) is 18.2 Å². The van der Waals surface area contributed by atoms with Gasteiger partial charge in [-0.2, -0.15) is 15.0 Å². The first-order valence-corrected chi connectivity index (χ1v) is 6.69. The number of benzene rings is 1. The smallest absolute Gasteiger partial charge is 0.322 e. The Morgan fingerprint density at radius 3 is 2.67 bits per heavy atom. The summed E-state index contributed by atoms with van der Waals surface area (Å²) in [5.41, 5.74) is 1.49. The second-order valence-corrected chi connectivity index (χ2v) is 4.48. The molecule has 0 saturated heterocycles. The molecule has 0 fully saturated rings. The van der Waals surface area contributed by atoms with Crippen molar-refractivity contribution >= 4 is 17.6 Å². The molecular formula is C14H18FN5O. The zero-order valence-electron chi connectivity index (χ0n) is 12.3. The number of ether oxygens (including phenoxy) is 1. The molecule has 0 spiro atoms. The Kier molecular flexibility index (Phi) is 4.86. The number of rotatable bonds is 6. The highest BCUT2D eigenvalue weighted by molar-refractivity contribution is 5.58. The van der Waals surface area contributed by atoms with E-state index in [-0.39, 0.29) is 11.8 Å². The molecule has 0 amide bonds. The molecule has 0 atom stereocenters. The first-order valence-electron chi connectivity index (χ1n) is 6.69. The molecule has 1 heterocycles. The highest BCUT2D eigenvalue weighted by atomic mass is 19.1. The predicted molar refractivity (Wildman–Crippen MR) is 79.6 cm³/mol. The maximum atomic E-state index is 13.3. The third-order valence-electron chi connectivity index (χ3n) is 2.78. The average Bonchev–Trinajstić information content (AvgIpc) is 2.48. The molecule has 0 aliphatic rings. The monoisotopic (exact) mass is 291 g/mol. The van der Waals surface area contributed by atoms with Crippen molar-refractivity contribution in [1.29, 1.82) is 0 Å². The molecule has 2 aromatic rings. The SMILES string of the molecule is CCCNc1nc(Nc2cc(F)ccc2C)nc(OC)n1. The van der Waals surface area contributed by atoms with Gasteiger partial charge in [0, 0.05) is 12.2 Å². The summed E-state index contributed by atoms with van der Waals surface area (Å²) in [7, 11) is 1.48. The van der Waals surface area contributed by atoms with E-state index in [0.717, 1.165) is 18.5 Å². The zero-order chi connectivity index (χ0) is 15.2. The summed E-state index contributed by atoms with van der Waals surface area (Å²) in [6, 6.07) is 4.68. The minimum atomic E-state index is -0.326. The van der Waals surface area contributed by atoms with Crippen LogP contribution in [0.25, 0.3) is 0 Å². The number of hydrogen-bond acceptors (Lipinski definition) is 6. The van der Waals surface area contributed by atoms with Crippen molar-refractivity contribution in [3.05, 3.63) is 29.6 Å². The first kappa shape index (κ1) is 15.0. The minimum absolute atomic E-state index is 0.195. The van der Waals surface area contributed by atoms with Gasteiger partial charge in [0.05, 0.1) is 7.11 Å². The fourth-order valence-corrected chi connectivity index (χ4v) is 1.67. The molecular weight excluding hydrogens is 273 g/mol. The molecule has 0 aliphatic carbocycles. The normalized spacial score (nSPS) is 10.3. The lowest BCUT2D eigenvalue weighted by molar-refractivity contribution is 0.379. The van der Waals surface area contributed by atoms with E-state index in [1.165, 1.54) is 19.2 Å². The lowest BCUT2D eigenvalue weighted by Crippen LogP contribution is -2.09. The molecule has 7 heteroatoms. The summed E-state index contributed by atoms with van der Waals surface area (Å²) in [5, 5.41) is 6.05. The van der Waals surface area contributed by atoms with Gasteiger partial charge in [0.25, 0.3) is 0 Å². The van der Waals surface area contributed by atoms with Gasteiger partial charge in [-0.25, -0.2) is 4.39 Å². The van der Waals surface area contributed by atoms with E-state index in [4.69, 9.17) is 4.74 Å². The quantitative estimate of drug-likeness (QED) is 0.852. The fourth-order valence-electron chi connectivity index (χ4n) is 1.67. The van der Waals surface area contributed by atoms with E-state index < -0.39 is 0 Å². The summed E-state index contributed by atoms with van der Waals surface area (Å²) in [5.74, 6) is 0.392. The summed E-state index contributed by atoms with van der Waals surface area (Å²) < 4.78 is 18.4. The molecule has 0 radical (unpaired) electrons. The van der Waals surface area contributed by atoms with Crippen LogP contribution >= 0.6 is 0 Å². The molecule has 0 aliphatic heterocycles. The van der Waals surface area contributed by atoms with Crippen LogP contribution < -0.4 is 15.4 Å². The van der Waals surface area contributed by atoms with E-state index in [1.54, 1.807) is 6.07 Å². The van der Waals surface area contributed by atoms with Crippen LogP contribution in [0.4, 0.5) is 22.0 Å². The summed E-state index contributed by atoms with van der Waals surface area (Å²) in [4.78, 5) is 12.4. The Bertz CT molecular complexity index is 620. The second-order valence-electron chi connectivity index (χ2n) is 4.48. The van der Waals surface area contributed by atoms with Gasteiger partial charge >= 0.3 is 6.01 Å². The van der Waals surface area contributed by atoms with E-state index in [0.29, 0.717) is 17.6 Å². The highest BCUT2D eigenvalue weighted by Crippen LogP contribution is 2.21. The third kappa shape index (κ3) is 4.01. The molecule has 112 valence electrons. The Morgan fingerprint density at radius 1 is 1.19 bits per heavy atom. The molecule has 2 rings (SSSR count). The van der Waals surface area contributed by atoms with E-state index >= 15 is 0 Å². The number of hydrogen-bond donors (Lipinski definition) is 2. The Morgan fingerprint density at radius 2 is 1.95 bits per heavy atom. The van der Waals surface area contributed by atoms with Crippen LogP contribution in [0.1, 0.15) is 18.9 Å². The Labute approximate surface area is 122 Å². The highest BCUT2D eigenvalue weighted by Gasteiger charge is 2.08.